The molecule has 7 heteroatoms. The van der Waals surface area contributed by atoms with Crippen LogP contribution in [0.1, 0.15) is 25.5 Å². The van der Waals surface area contributed by atoms with E-state index in [2.05, 4.69) is 20.3 Å². The van der Waals surface area contributed by atoms with Crippen LogP contribution in [-0.4, -0.2) is 27.0 Å². The molecule has 5 rings (SSSR count). The molecule has 6 nitrogen and oxygen atoms in total. The van der Waals surface area contributed by atoms with Crippen LogP contribution in [0.15, 0.2) is 42.9 Å². The molecule has 1 aromatic carbocycles. The number of aromatic nitrogens is 3. The van der Waals surface area contributed by atoms with Crippen LogP contribution < -0.4 is 10.1 Å². The van der Waals surface area contributed by atoms with E-state index in [1.807, 2.05) is 13.8 Å². The van der Waals surface area contributed by atoms with Gasteiger partial charge in [-0.25, -0.2) is 9.37 Å². The van der Waals surface area contributed by atoms with Gasteiger partial charge in [0.05, 0.1) is 29.7 Å². The number of halogens is 1. The van der Waals surface area contributed by atoms with Crippen LogP contribution in [0.25, 0.3) is 10.9 Å². The lowest BCUT2D eigenvalue weighted by Crippen LogP contribution is -2.26. The zero-order valence-electron chi connectivity index (χ0n) is 16.9. The summed E-state index contributed by atoms with van der Waals surface area (Å²) in [6, 6.07) is 6.33. The van der Waals surface area contributed by atoms with E-state index in [-0.39, 0.29) is 23.7 Å². The maximum atomic E-state index is 13.7. The maximum Gasteiger partial charge on any atom is 0.228 e. The van der Waals surface area contributed by atoms with Crippen LogP contribution in [0.2, 0.25) is 0 Å². The molecule has 0 spiro atoms. The Hall–Kier alpha value is -3.09. The number of pyridine rings is 1. The van der Waals surface area contributed by atoms with Gasteiger partial charge < -0.3 is 10.1 Å². The molecule has 2 saturated carbocycles. The van der Waals surface area contributed by atoms with Crippen LogP contribution in [-0.2, 0) is 4.79 Å². The van der Waals surface area contributed by atoms with E-state index in [0.29, 0.717) is 34.7 Å². The smallest absolute Gasteiger partial charge is 0.228 e. The molecule has 0 radical (unpaired) electrons. The second kappa shape index (κ2) is 7.31. The molecule has 154 valence electrons. The fourth-order valence-electron chi connectivity index (χ4n) is 4.93. The van der Waals surface area contributed by atoms with E-state index in [0.717, 1.165) is 24.1 Å². The van der Waals surface area contributed by atoms with Crippen molar-refractivity contribution in [1.82, 2.24) is 15.0 Å². The standard InChI is InChI=1S/C23H23FN4O2/c1-12-10-27-21(11-26-12)28-23(29)13(2)22-16-8-15(9-17(16)22)30-20-5-6-25-19-4-3-14(24)7-18(19)20/h3-7,10-11,13,15-17,22H,8-9H2,1-2H3,(H,27,28,29). The van der Waals surface area contributed by atoms with E-state index in [4.69, 9.17) is 4.74 Å². The van der Waals surface area contributed by atoms with Crippen LogP contribution in [0.5, 0.6) is 5.75 Å². The third-order valence-corrected chi connectivity index (χ3v) is 6.45. The Balaban J connectivity index is 1.20. The molecule has 3 atom stereocenters. The molecular formula is C23H23FN4O2. The zero-order chi connectivity index (χ0) is 20.8. The number of nitrogens with zero attached hydrogens (tertiary/aromatic N) is 3. The van der Waals surface area contributed by atoms with Gasteiger partial charge in [-0.2, -0.15) is 0 Å². The predicted octanol–water partition coefficient (Wildman–Crippen LogP) is 4.15. The Morgan fingerprint density at radius 1 is 1.17 bits per heavy atom. The van der Waals surface area contributed by atoms with Crippen molar-refractivity contribution in [3.05, 3.63) is 54.4 Å². The summed E-state index contributed by atoms with van der Waals surface area (Å²) in [5, 5.41) is 3.57. The monoisotopic (exact) mass is 406 g/mol. The van der Waals surface area contributed by atoms with E-state index in [9.17, 15) is 9.18 Å². The number of carbonyl (C=O) groups is 1. The summed E-state index contributed by atoms with van der Waals surface area (Å²) in [7, 11) is 0. The molecule has 30 heavy (non-hydrogen) atoms. The lowest BCUT2D eigenvalue weighted by Gasteiger charge is -2.20. The molecule has 0 bridgehead atoms. The second-order valence-electron chi connectivity index (χ2n) is 8.41. The fourth-order valence-corrected chi connectivity index (χ4v) is 4.93. The maximum absolute atomic E-state index is 13.7. The number of anilines is 1. The number of ether oxygens (including phenoxy) is 1. The van der Waals surface area contributed by atoms with Gasteiger partial charge in [0.15, 0.2) is 5.82 Å². The van der Waals surface area contributed by atoms with Gasteiger partial charge in [0.1, 0.15) is 11.6 Å². The van der Waals surface area contributed by atoms with Gasteiger partial charge in [0, 0.05) is 17.5 Å². The first-order valence-corrected chi connectivity index (χ1v) is 10.3. The number of amides is 1. The van der Waals surface area contributed by atoms with Crippen LogP contribution in [0.4, 0.5) is 10.2 Å². The molecule has 2 aliphatic carbocycles. The number of hydrogen-bond acceptors (Lipinski definition) is 5. The highest BCUT2D eigenvalue weighted by Gasteiger charge is 2.59. The number of hydrogen-bond donors (Lipinski definition) is 1. The minimum atomic E-state index is -0.298. The number of aryl methyl sites for hydroxylation is 1. The quantitative estimate of drug-likeness (QED) is 0.689. The minimum Gasteiger partial charge on any atom is -0.490 e. The van der Waals surface area contributed by atoms with Crippen LogP contribution in [0, 0.1) is 36.4 Å². The highest BCUT2D eigenvalue weighted by molar-refractivity contribution is 5.91. The summed E-state index contributed by atoms with van der Waals surface area (Å²) >= 11 is 0. The molecule has 2 aromatic heterocycles. The highest BCUT2D eigenvalue weighted by Crippen LogP contribution is 2.61. The molecule has 1 N–H and O–H groups in total. The minimum absolute atomic E-state index is 0.0133. The molecule has 1 amide bonds. The lowest BCUT2D eigenvalue weighted by atomic mass is 9.97. The van der Waals surface area contributed by atoms with E-state index < -0.39 is 0 Å². The van der Waals surface area contributed by atoms with Crippen LogP contribution in [0.3, 0.4) is 0 Å². The average molecular weight is 406 g/mol. The molecule has 2 aliphatic rings. The van der Waals surface area contributed by atoms with E-state index in [1.54, 1.807) is 30.7 Å². The van der Waals surface area contributed by atoms with Crippen molar-refractivity contribution in [3.63, 3.8) is 0 Å². The SMILES string of the molecule is Cc1cnc(NC(=O)C(C)C2C3CC(Oc4ccnc5ccc(F)cc45)CC32)cn1. The molecule has 0 aliphatic heterocycles. The van der Waals surface area contributed by atoms with Crippen molar-refractivity contribution >= 4 is 22.6 Å². The summed E-state index contributed by atoms with van der Waals surface area (Å²) in [5.74, 6) is 2.12. The first-order valence-electron chi connectivity index (χ1n) is 10.3. The van der Waals surface area contributed by atoms with Crippen molar-refractivity contribution in [3.8, 4) is 5.75 Å². The topological polar surface area (TPSA) is 77.0 Å². The Bertz CT molecular complexity index is 1090. The van der Waals surface area contributed by atoms with Gasteiger partial charge in [0.25, 0.3) is 0 Å². The van der Waals surface area contributed by atoms with Gasteiger partial charge in [-0.1, -0.05) is 6.92 Å². The van der Waals surface area contributed by atoms with Gasteiger partial charge in [-0.15, -0.1) is 0 Å². The molecule has 3 aromatic rings. The van der Waals surface area contributed by atoms with Gasteiger partial charge in [0.2, 0.25) is 5.91 Å². The summed E-state index contributed by atoms with van der Waals surface area (Å²) in [6.45, 7) is 3.84. The van der Waals surface area contributed by atoms with Crippen molar-refractivity contribution in [1.29, 1.82) is 0 Å². The highest BCUT2D eigenvalue weighted by atomic mass is 19.1. The normalized spacial score (nSPS) is 25.6. The Kier molecular flexibility index (Phi) is 4.60. The van der Waals surface area contributed by atoms with E-state index in [1.165, 1.54) is 12.1 Å². The summed E-state index contributed by atoms with van der Waals surface area (Å²) in [4.78, 5) is 25.2. The molecule has 0 saturated heterocycles. The second-order valence-corrected chi connectivity index (χ2v) is 8.41. The third-order valence-electron chi connectivity index (χ3n) is 6.45. The summed E-state index contributed by atoms with van der Waals surface area (Å²) < 4.78 is 19.9. The molecular weight excluding hydrogens is 383 g/mol. The Labute approximate surface area is 173 Å². The van der Waals surface area contributed by atoms with Gasteiger partial charge in [-0.05, 0) is 61.8 Å². The van der Waals surface area contributed by atoms with Crippen LogP contribution >= 0.6 is 0 Å². The number of fused-ring (bicyclic) bond motifs is 2. The fraction of sp³-hybridized carbons (Fsp3) is 0.391. The number of carbonyl (C=O) groups excluding carboxylic acids is 1. The first-order chi connectivity index (χ1) is 14.5. The molecule has 2 heterocycles. The van der Waals surface area contributed by atoms with Crippen molar-refractivity contribution < 1.29 is 13.9 Å². The number of nitrogens with one attached hydrogen (secondary N) is 1. The van der Waals surface area contributed by atoms with Crippen molar-refractivity contribution in [2.45, 2.75) is 32.8 Å². The largest absolute Gasteiger partial charge is 0.490 e. The average Bonchev–Trinajstić information content (AvgIpc) is 3.24. The Morgan fingerprint density at radius 2 is 1.97 bits per heavy atom. The Morgan fingerprint density at radius 3 is 2.70 bits per heavy atom. The predicted molar refractivity (Wildman–Crippen MR) is 110 cm³/mol. The van der Waals surface area contributed by atoms with Gasteiger partial charge >= 0.3 is 0 Å². The number of rotatable bonds is 5. The molecule has 2 fully saturated rings. The molecule has 3 unspecified atom stereocenters. The summed E-state index contributed by atoms with van der Waals surface area (Å²) in [6.07, 6.45) is 6.83. The third kappa shape index (κ3) is 3.49. The summed E-state index contributed by atoms with van der Waals surface area (Å²) in [5.41, 5.74) is 1.54. The van der Waals surface area contributed by atoms with E-state index >= 15 is 0 Å². The zero-order valence-corrected chi connectivity index (χ0v) is 16.9. The van der Waals surface area contributed by atoms with Crippen molar-refractivity contribution in [2.24, 2.45) is 23.7 Å². The first kappa shape index (κ1) is 18.9. The van der Waals surface area contributed by atoms with Crippen molar-refractivity contribution in [2.75, 3.05) is 5.32 Å². The number of benzene rings is 1. The van der Waals surface area contributed by atoms with Gasteiger partial charge in [-0.3, -0.25) is 14.8 Å². The lowest BCUT2D eigenvalue weighted by molar-refractivity contribution is -0.120.